The standard InChI is InChI=1S/C16H24.C10H22.C9H20O.C9H20.C9H18.C8H18O.C8H16.C8H14.C8H18.C7H15Cl.C7H14O.C6H9N.C6H12.C5H12O.C2H6/c1-9(2)10(3)16-14(7)12(5)11(4)13(6)15(16)8;1-5-6-7-8-9-10(2,3)4;1-8(2)6-5-7-9(3,4)10;2*1-8(2)6-5-7-9(3)4;1-7(2)5-4-6-8(3)9;2*1-7(2)3-4-8-5-6-8;1-4-5-6-7-8(2)3;1-4-7(5-8)6(2)3;1-7(2)5-4-6-8-3;1-6(2)4-3-5-7;1-5(2)6-3-4-6;1-5(2)3-4-6;1-2/h9H,3H2,1-2,4-8H3;5-9H2,1-4H3;8,10H,5-7H2,1-4H3;8-9H,5-7H2,1-4H3;5-6,8-9H,7H2,1-4H3;7-9H,4-6H2,1-3H3;7-8H,3-6H2,1-2H3;3-4,7-8H,5-6H2,1-2H3;8H,4-7H2,1-3H3;6-7H,4-5H2,1-3H3;4-5,7H,6H2,1-3H3;3-4,6H,1-2H3;2*5-6H,3-4H2,1-2H3;1-2H3/b;;;;6-5+;;;4-3+;;;5-4+;4-3+;;;. The smallest absolute Gasteiger partial charge is 0.0908 e. The highest BCUT2D eigenvalue weighted by atomic mass is 35.5. The number of aliphatic hydroxyl groups excluding tert-OH is 2. The van der Waals surface area contributed by atoms with Gasteiger partial charge in [0.05, 0.1) is 24.4 Å². The Hall–Kier alpha value is -2.46. The molecule has 3 aliphatic carbocycles. The van der Waals surface area contributed by atoms with Gasteiger partial charge in [-0.25, -0.2) is 0 Å². The summed E-state index contributed by atoms with van der Waals surface area (Å²) in [5.74, 6) is 16.2. The van der Waals surface area contributed by atoms with Crippen molar-refractivity contribution >= 4 is 17.2 Å². The predicted molar refractivity (Wildman–Crippen MR) is 577 cm³/mol. The number of allylic oxidation sites excluding steroid dienone is 8. The van der Waals surface area contributed by atoms with Gasteiger partial charge in [-0.1, -0.05) is 441 Å². The van der Waals surface area contributed by atoms with Crippen LogP contribution in [0, 0.1) is 164 Å². The van der Waals surface area contributed by atoms with Gasteiger partial charge in [-0.05, 0) is 270 Å². The van der Waals surface area contributed by atoms with Gasteiger partial charge < -0.3 is 20.1 Å². The molecular weight excluding hydrogens is 1530 g/mol. The summed E-state index contributed by atoms with van der Waals surface area (Å²) in [6.45, 7) is 106. The van der Waals surface area contributed by atoms with Crippen molar-refractivity contribution in [2.24, 2.45) is 118 Å². The third-order valence-electron chi connectivity index (χ3n) is 21.4. The molecule has 3 aliphatic rings. The van der Waals surface area contributed by atoms with E-state index in [9.17, 15) is 5.11 Å². The molecule has 2 atom stereocenters. The van der Waals surface area contributed by atoms with E-state index in [0.29, 0.717) is 41.6 Å². The van der Waals surface area contributed by atoms with Crippen LogP contribution >= 0.6 is 11.6 Å². The Balaban J connectivity index is -0.000000124. The van der Waals surface area contributed by atoms with E-state index in [1.165, 1.54) is 199 Å². The van der Waals surface area contributed by atoms with Crippen molar-refractivity contribution in [3.8, 4) is 6.07 Å². The number of hydrogen-bond acceptors (Lipinski definition) is 5. The monoisotopic (exact) mass is 1770 g/mol. The van der Waals surface area contributed by atoms with Gasteiger partial charge in [0.25, 0.3) is 0 Å². The normalized spacial score (nSPS) is 13.3. The van der Waals surface area contributed by atoms with E-state index in [2.05, 4.69) is 307 Å². The first-order chi connectivity index (χ1) is 57.3. The molecule has 0 spiro atoms. The van der Waals surface area contributed by atoms with Gasteiger partial charge >= 0.3 is 0 Å². The van der Waals surface area contributed by atoms with E-state index in [0.717, 1.165) is 127 Å². The van der Waals surface area contributed by atoms with Crippen molar-refractivity contribution in [3.05, 3.63) is 88.6 Å². The molecule has 6 heteroatoms. The van der Waals surface area contributed by atoms with Gasteiger partial charge in [-0.3, -0.25) is 0 Å². The van der Waals surface area contributed by atoms with Crippen LogP contribution in [0.2, 0.25) is 0 Å². The van der Waals surface area contributed by atoms with Crippen LogP contribution in [0.25, 0.3) is 5.57 Å². The lowest BCUT2D eigenvalue weighted by molar-refractivity contribution is 0.0672. The lowest BCUT2D eigenvalue weighted by Crippen LogP contribution is -2.18. The molecule has 0 heterocycles. The van der Waals surface area contributed by atoms with Gasteiger partial charge in [-0.2, -0.15) is 5.26 Å². The van der Waals surface area contributed by atoms with Crippen molar-refractivity contribution in [2.75, 3.05) is 26.2 Å². The van der Waals surface area contributed by atoms with Crippen molar-refractivity contribution in [1.29, 1.82) is 5.26 Å². The number of nitriles is 1. The van der Waals surface area contributed by atoms with Crippen LogP contribution in [0.15, 0.2) is 55.2 Å². The summed E-state index contributed by atoms with van der Waals surface area (Å²) < 4.78 is 4.81. The summed E-state index contributed by atoms with van der Waals surface area (Å²) in [6.07, 6.45) is 55.3. The zero-order valence-corrected chi connectivity index (χ0v) is 94.8. The number of aliphatic hydroxyl groups is 3. The van der Waals surface area contributed by atoms with Crippen molar-refractivity contribution in [2.45, 2.75) is 516 Å². The van der Waals surface area contributed by atoms with Crippen LogP contribution in [0.3, 0.4) is 0 Å². The van der Waals surface area contributed by atoms with E-state index < -0.39 is 5.60 Å². The Morgan fingerprint density at radius 1 is 0.476 bits per heavy atom. The third kappa shape index (κ3) is 140. The maximum Gasteiger partial charge on any atom is 0.0908 e. The first kappa shape index (κ1) is 145. The molecule has 124 heavy (non-hydrogen) atoms. The van der Waals surface area contributed by atoms with Crippen LogP contribution < -0.4 is 0 Å². The predicted octanol–water partition coefficient (Wildman–Crippen LogP) is 39.6. The average Bonchev–Trinajstić information content (AvgIpc) is 1.20. The molecule has 0 aliphatic heterocycles. The molecule has 746 valence electrons. The first-order valence-corrected chi connectivity index (χ1v) is 52.8. The second-order valence-electron chi connectivity index (χ2n) is 44.0. The summed E-state index contributed by atoms with van der Waals surface area (Å²) in [7, 11) is 1.70. The molecule has 0 aromatic heterocycles. The largest absolute Gasteiger partial charge is 0.396 e. The lowest BCUT2D eigenvalue weighted by atomic mass is 9.83. The molecule has 2 unspecified atom stereocenters. The number of rotatable bonds is 40. The number of nitrogens with zero attached hydrogens (tertiary/aromatic N) is 1. The maximum absolute atomic E-state index is 9.33. The van der Waals surface area contributed by atoms with Gasteiger partial charge in [0, 0.05) is 25.7 Å². The van der Waals surface area contributed by atoms with Crippen LogP contribution in [0.4, 0.5) is 0 Å². The second kappa shape index (κ2) is 98.1. The number of halogens is 1. The summed E-state index contributed by atoms with van der Waals surface area (Å²) in [5, 5.41) is 34.4. The molecule has 0 radical (unpaired) electrons. The number of benzene rings is 1. The van der Waals surface area contributed by atoms with Crippen LogP contribution in [0.5, 0.6) is 0 Å². The fraction of sp³-hybridized carbons (Fsp3) is 0.856. The minimum absolute atomic E-state index is 0.108. The van der Waals surface area contributed by atoms with Crippen molar-refractivity contribution in [1.82, 2.24) is 0 Å². The molecule has 0 amide bonds. The molecule has 4 rings (SSSR count). The number of ether oxygens (including phenoxy) is 1. The highest BCUT2D eigenvalue weighted by Gasteiger charge is 2.24. The van der Waals surface area contributed by atoms with E-state index in [1.807, 2.05) is 66.7 Å². The van der Waals surface area contributed by atoms with Gasteiger partial charge in [-0.15, -0.1) is 11.6 Å². The van der Waals surface area contributed by atoms with Crippen LogP contribution in [-0.2, 0) is 4.74 Å². The highest BCUT2D eigenvalue weighted by Crippen LogP contribution is 2.37. The Morgan fingerprint density at radius 2 is 0.863 bits per heavy atom. The molecule has 3 saturated carbocycles. The SMILES string of the molecule is C=C(c1c(C)c(C)c(C)c(C)c1C)C(C)C.CC.CC(C)/C=C/C#N.CC(C)/C=C/C1CC1.CC(C)/C=C/CC(C)C.CC(C)C1CC1.CC(C)CCC1CC1.CC(C)CCCC(C)(C)O.CC(C)CCCC(C)C.CC(C)CCCC(C)O.CC(C)CCO.CCC(CCl)C(C)C.CCCCCC(C)C.CCCCCCC(C)(C)C.COC/C=C/C(C)C. The Kier molecular flexibility index (Phi) is 114. The van der Waals surface area contributed by atoms with Gasteiger partial charge in [0.15, 0.2) is 0 Å². The number of methoxy groups -OCH3 is 1. The Labute approximate surface area is 792 Å². The lowest BCUT2D eigenvalue weighted by Gasteiger charge is -2.22. The summed E-state index contributed by atoms with van der Waals surface area (Å²) in [6, 6.07) is 1.92. The van der Waals surface area contributed by atoms with Gasteiger partial charge in [0.2, 0.25) is 0 Å². The molecule has 1 aromatic rings. The molecular formula is C118H238ClNO4. The third-order valence-corrected chi connectivity index (χ3v) is 21.8. The van der Waals surface area contributed by atoms with Crippen LogP contribution in [0.1, 0.15) is 503 Å². The molecule has 1 aromatic carbocycles. The topological polar surface area (TPSA) is 93.7 Å². The fourth-order valence-corrected chi connectivity index (χ4v) is 12.1. The van der Waals surface area contributed by atoms with E-state index in [4.69, 9.17) is 31.8 Å². The molecule has 0 saturated heterocycles. The van der Waals surface area contributed by atoms with E-state index >= 15 is 0 Å². The fourth-order valence-electron chi connectivity index (χ4n) is 11.6. The first-order valence-electron chi connectivity index (χ1n) is 52.2. The maximum atomic E-state index is 9.33. The summed E-state index contributed by atoms with van der Waals surface area (Å²) in [4.78, 5) is 0. The molecule has 5 nitrogen and oxygen atoms in total. The minimum Gasteiger partial charge on any atom is -0.396 e. The van der Waals surface area contributed by atoms with E-state index in [-0.39, 0.29) is 6.10 Å². The average molecular weight is 1770 g/mol. The zero-order chi connectivity index (χ0) is 99.3. The summed E-state index contributed by atoms with van der Waals surface area (Å²) >= 11 is 5.66. The Bertz CT molecular complexity index is 2390. The zero-order valence-electron chi connectivity index (χ0n) is 94.1. The Morgan fingerprint density at radius 3 is 1.12 bits per heavy atom. The number of alkyl halides is 1. The summed E-state index contributed by atoms with van der Waals surface area (Å²) in [5.41, 5.74) is 9.80. The number of hydrogen-bond donors (Lipinski definition) is 3. The molecule has 3 N–H and O–H groups in total. The van der Waals surface area contributed by atoms with Crippen molar-refractivity contribution < 1.29 is 20.1 Å². The molecule has 3 fully saturated rings. The highest BCUT2D eigenvalue weighted by molar-refractivity contribution is 6.18. The van der Waals surface area contributed by atoms with Crippen molar-refractivity contribution in [3.63, 3.8) is 0 Å². The van der Waals surface area contributed by atoms with Gasteiger partial charge in [0.1, 0.15) is 0 Å². The van der Waals surface area contributed by atoms with E-state index in [1.54, 1.807) is 7.11 Å². The second-order valence-corrected chi connectivity index (χ2v) is 44.3. The quantitative estimate of drug-likeness (QED) is 0.0263. The van der Waals surface area contributed by atoms with Crippen LogP contribution in [-0.4, -0.2) is 53.2 Å². The molecule has 0 bridgehead atoms. The minimum atomic E-state index is -0.463. The number of unbranched alkanes of at least 4 members (excludes halogenated alkanes) is 5.